The molecule has 28 heavy (non-hydrogen) atoms. The van der Waals surface area contributed by atoms with Gasteiger partial charge in [-0.1, -0.05) is 29.8 Å². The second-order valence-electron chi connectivity index (χ2n) is 6.33. The largest absolute Gasteiger partial charge is 0.497 e. The van der Waals surface area contributed by atoms with Crippen LogP contribution in [-0.4, -0.2) is 24.5 Å². The summed E-state index contributed by atoms with van der Waals surface area (Å²) in [6, 6.07) is 16.9. The Bertz CT molecular complexity index is 958. The van der Waals surface area contributed by atoms with Crippen molar-refractivity contribution < 1.29 is 9.53 Å². The van der Waals surface area contributed by atoms with Gasteiger partial charge in [0.1, 0.15) is 11.4 Å². The zero-order chi connectivity index (χ0) is 19.9. The van der Waals surface area contributed by atoms with Gasteiger partial charge >= 0.3 is 0 Å². The van der Waals surface area contributed by atoms with Crippen LogP contribution in [0.2, 0.25) is 5.02 Å². The molecule has 0 saturated carbocycles. The number of benzene rings is 2. The Balaban J connectivity index is 1.55. The highest BCUT2D eigenvalue weighted by Crippen LogP contribution is 2.23. The van der Waals surface area contributed by atoms with Gasteiger partial charge in [0.25, 0.3) is 5.91 Å². The zero-order valence-corrected chi connectivity index (χ0v) is 16.6. The van der Waals surface area contributed by atoms with Crippen molar-refractivity contribution in [2.75, 3.05) is 24.3 Å². The van der Waals surface area contributed by atoms with Crippen molar-refractivity contribution in [3.63, 3.8) is 0 Å². The van der Waals surface area contributed by atoms with Crippen LogP contribution in [0.4, 0.5) is 11.4 Å². The summed E-state index contributed by atoms with van der Waals surface area (Å²) in [7, 11) is 1.66. The number of halogens is 1. The molecule has 0 saturated heterocycles. The first-order valence-electron chi connectivity index (χ1n) is 8.96. The Morgan fingerprint density at radius 2 is 1.96 bits per heavy atom. The van der Waals surface area contributed by atoms with Crippen molar-refractivity contribution in [3.8, 4) is 5.75 Å². The molecule has 1 heterocycles. The summed E-state index contributed by atoms with van der Waals surface area (Å²) < 4.78 is 5.24. The molecule has 2 aromatic carbocycles. The molecule has 5 nitrogen and oxygen atoms in total. The number of amides is 1. The molecule has 6 heteroatoms. The number of hydrogen-bond acceptors (Lipinski definition) is 4. The van der Waals surface area contributed by atoms with Crippen LogP contribution in [0.3, 0.4) is 0 Å². The maximum atomic E-state index is 12.4. The van der Waals surface area contributed by atoms with Gasteiger partial charge in [-0.15, -0.1) is 0 Å². The van der Waals surface area contributed by atoms with Gasteiger partial charge in [0.15, 0.2) is 0 Å². The predicted octanol–water partition coefficient (Wildman–Crippen LogP) is 4.96. The van der Waals surface area contributed by atoms with Crippen LogP contribution in [-0.2, 0) is 6.42 Å². The maximum absolute atomic E-state index is 12.4. The lowest BCUT2D eigenvalue weighted by atomic mass is 10.1. The molecule has 0 aliphatic carbocycles. The molecule has 0 atom stereocenters. The lowest BCUT2D eigenvalue weighted by Gasteiger charge is -2.10. The van der Waals surface area contributed by atoms with Gasteiger partial charge in [-0.25, -0.2) is 4.98 Å². The van der Waals surface area contributed by atoms with Gasteiger partial charge in [0, 0.05) is 17.3 Å². The van der Waals surface area contributed by atoms with Crippen LogP contribution in [0.1, 0.15) is 21.6 Å². The van der Waals surface area contributed by atoms with E-state index >= 15 is 0 Å². The predicted molar refractivity (Wildman–Crippen MR) is 114 cm³/mol. The quantitative estimate of drug-likeness (QED) is 0.593. The van der Waals surface area contributed by atoms with Gasteiger partial charge in [0.2, 0.25) is 0 Å². The average Bonchev–Trinajstić information content (AvgIpc) is 2.72. The summed E-state index contributed by atoms with van der Waals surface area (Å²) in [6.07, 6.45) is 2.51. The number of rotatable bonds is 7. The molecule has 0 aliphatic heterocycles. The Kier molecular flexibility index (Phi) is 6.50. The minimum atomic E-state index is -0.270. The molecule has 0 fully saturated rings. The Morgan fingerprint density at radius 1 is 1.14 bits per heavy atom. The van der Waals surface area contributed by atoms with Crippen molar-refractivity contribution in [3.05, 3.63) is 82.6 Å². The summed E-state index contributed by atoms with van der Waals surface area (Å²) in [5.41, 5.74) is 3.90. The van der Waals surface area contributed by atoms with Gasteiger partial charge in [-0.2, -0.15) is 0 Å². The van der Waals surface area contributed by atoms with E-state index in [1.165, 1.54) is 5.56 Å². The third kappa shape index (κ3) is 5.02. The molecule has 0 spiro atoms. The summed E-state index contributed by atoms with van der Waals surface area (Å²) in [5.74, 6) is 0.581. The number of anilines is 2. The van der Waals surface area contributed by atoms with E-state index in [9.17, 15) is 4.79 Å². The van der Waals surface area contributed by atoms with Crippen LogP contribution in [0.5, 0.6) is 5.75 Å². The first-order chi connectivity index (χ1) is 13.6. The highest BCUT2D eigenvalue weighted by atomic mass is 35.5. The van der Waals surface area contributed by atoms with Gasteiger partial charge in [-0.3, -0.25) is 4.79 Å². The van der Waals surface area contributed by atoms with Gasteiger partial charge in [-0.05, 0) is 60.9 Å². The molecular weight excluding hydrogens is 374 g/mol. The molecule has 3 rings (SSSR count). The Hall–Kier alpha value is -3.05. The number of carbonyl (C=O) groups excluding carboxylic acids is 1. The van der Waals surface area contributed by atoms with Crippen molar-refractivity contribution in [2.24, 2.45) is 0 Å². The fourth-order valence-corrected chi connectivity index (χ4v) is 2.92. The average molecular weight is 396 g/mol. The van der Waals surface area contributed by atoms with Crippen LogP contribution < -0.4 is 15.4 Å². The SMILES string of the molecule is COc1cccc(CCNc2ccc(C(=O)Nc3cccc(Cl)c3C)nc2)c1. The molecule has 0 aliphatic rings. The monoisotopic (exact) mass is 395 g/mol. The van der Waals surface area contributed by atoms with E-state index in [0.29, 0.717) is 16.4 Å². The number of pyridine rings is 1. The van der Waals surface area contributed by atoms with Crippen molar-refractivity contribution in [1.82, 2.24) is 4.98 Å². The van der Waals surface area contributed by atoms with E-state index < -0.39 is 0 Å². The second kappa shape index (κ2) is 9.24. The van der Waals surface area contributed by atoms with Gasteiger partial charge < -0.3 is 15.4 Å². The second-order valence-corrected chi connectivity index (χ2v) is 6.73. The van der Waals surface area contributed by atoms with E-state index in [4.69, 9.17) is 16.3 Å². The fraction of sp³-hybridized carbons (Fsp3) is 0.182. The third-order valence-corrected chi connectivity index (χ3v) is 4.80. The van der Waals surface area contributed by atoms with E-state index in [2.05, 4.69) is 21.7 Å². The molecule has 1 aromatic heterocycles. The third-order valence-electron chi connectivity index (χ3n) is 4.39. The van der Waals surface area contributed by atoms with Crippen LogP contribution in [0.25, 0.3) is 0 Å². The molecule has 1 amide bonds. The lowest BCUT2D eigenvalue weighted by Crippen LogP contribution is -2.14. The van der Waals surface area contributed by atoms with Crippen LogP contribution >= 0.6 is 11.6 Å². The van der Waals surface area contributed by atoms with Crippen molar-refractivity contribution in [2.45, 2.75) is 13.3 Å². The summed E-state index contributed by atoms with van der Waals surface area (Å²) in [6.45, 7) is 2.61. The molecular formula is C22H22ClN3O2. The number of nitrogens with zero attached hydrogens (tertiary/aromatic N) is 1. The number of methoxy groups -OCH3 is 1. The lowest BCUT2D eigenvalue weighted by molar-refractivity contribution is 0.102. The normalized spacial score (nSPS) is 10.4. The minimum absolute atomic E-state index is 0.270. The first-order valence-corrected chi connectivity index (χ1v) is 9.34. The summed E-state index contributed by atoms with van der Waals surface area (Å²) >= 11 is 6.09. The van der Waals surface area contributed by atoms with E-state index in [1.807, 2.05) is 37.3 Å². The zero-order valence-electron chi connectivity index (χ0n) is 15.8. The number of hydrogen-bond donors (Lipinski definition) is 2. The Morgan fingerprint density at radius 3 is 2.71 bits per heavy atom. The molecule has 0 bridgehead atoms. The van der Waals surface area contributed by atoms with Gasteiger partial charge in [0.05, 0.1) is 19.0 Å². The first kappa shape index (κ1) is 19.7. The molecule has 0 radical (unpaired) electrons. The van der Waals surface area contributed by atoms with E-state index in [-0.39, 0.29) is 5.91 Å². The topological polar surface area (TPSA) is 63.2 Å². The fourth-order valence-electron chi connectivity index (χ4n) is 2.74. The number of carbonyl (C=O) groups is 1. The summed E-state index contributed by atoms with van der Waals surface area (Å²) in [4.78, 5) is 16.7. The molecule has 3 aromatic rings. The molecule has 144 valence electrons. The number of nitrogens with one attached hydrogen (secondary N) is 2. The van der Waals surface area contributed by atoms with Crippen molar-refractivity contribution >= 4 is 28.9 Å². The van der Waals surface area contributed by atoms with E-state index in [0.717, 1.165) is 30.0 Å². The highest BCUT2D eigenvalue weighted by Gasteiger charge is 2.10. The smallest absolute Gasteiger partial charge is 0.274 e. The van der Waals surface area contributed by atoms with Crippen LogP contribution in [0.15, 0.2) is 60.8 Å². The molecule has 0 unspecified atom stereocenters. The minimum Gasteiger partial charge on any atom is -0.497 e. The van der Waals surface area contributed by atoms with Crippen molar-refractivity contribution in [1.29, 1.82) is 0 Å². The van der Waals surface area contributed by atoms with E-state index in [1.54, 1.807) is 31.5 Å². The molecule has 2 N–H and O–H groups in total. The maximum Gasteiger partial charge on any atom is 0.274 e. The standard InChI is InChI=1S/C22H22ClN3O2/c1-15-19(23)7-4-8-20(15)26-22(27)21-10-9-17(14-25-21)24-12-11-16-5-3-6-18(13-16)28-2/h3-10,13-14,24H,11-12H2,1-2H3,(H,26,27). The highest BCUT2D eigenvalue weighted by molar-refractivity contribution is 6.31. The number of ether oxygens (including phenoxy) is 1. The summed E-state index contributed by atoms with van der Waals surface area (Å²) in [5, 5.41) is 6.77. The Labute approximate surface area is 169 Å². The number of aromatic nitrogens is 1. The van der Waals surface area contributed by atoms with Crippen LogP contribution in [0, 0.1) is 6.92 Å².